The summed E-state index contributed by atoms with van der Waals surface area (Å²) in [5.74, 6) is 1.97. The van der Waals surface area contributed by atoms with Crippen LogP contribution in [0.25, 0.3) is 0 Å². The lowest BCUT2D eigenvalue weighted by atomic mass is 9.89. The summed E-state index contributed by atoms with van der Waals surface area (Å²) in [7, 11) is 2.20. The van der Waals surface area contributed by atoms with Crippen LogP contribution in [0.15, 0.2) is 0 Å². The number of nitrogens with two attached hydrogens (primary N) is 1. The van der Waals surface area contributed by atoms with Gasteiger partial charge in [-0.2, -0.15) is 0 Å². The van der Waals surface area contributed by atoms with E-state index in [1.165, 1.54) is 19.5 Å². The van der Waals surface area contributed by atoms with Crippen LogP contribution in [0, 0.1) is 17.2 Å². The van der Waals surface area contributed by atoms with Crippen molar-refractivity contribution in [3.8, 4) is 0 Å². The van der Waals surface area contributed by atoms with Crippen molar-refractivity contribution in [1.29, 1.82) is 5.41 Å². The second kappa shape index (κ2) is 3.87. The van der Waals surface area contributed by atoms with Crippen LogP contribution in [0.5, 0.6) is 0 Å². The minimum Gasteiger partial charge on any atom is -0.387 e. The molecule has 4 nitrogen and oxygen atoms in total. The molecule has 0 aromatic carbocycles. The Kier molecular flexibility index (Phi) is 2.74. The van der Waals surface area contributed by atoms with E-state index in [0.29, 0.717) is 12.4 Å². The number of piperidine rings is 1. The van der Waals surface area contributed by atoms with Crippen LogP contribution in [-0.2, 0) is 0 Å². The second-order valence-corrected chi connectivity index (χ2v) is 4.79. The van der Waals surface area contributed by atoms with Gasteiger partial charge in [0.2, 0.25) is 0 Å². The first kappa shape index (κ1) is 9.93. The number of likely N-dealkylation sites (tertiary alicyclic amines) is 2. The predicted octanol–water partition coefficient (Wildman–Crippen LogP) is -0.194. The fraction of sp³-hybridized carbons (Fsp3) is 0.900. The third kappa shape index (κ3) is 2.07. The van der Waals surface area contributed by atoms with Crippen LogP contribution < -0.4 is 5.73 Å². The maximum Gasteiger partial charge on any atom is 0.105 e. The van der Waals surface area contributed by atoms with Gasteiger partial charge in [-0.3, -0.25) is 10.3 Å². The third-order valence-electron chi connectivity index (χ3n) is 3.47. The number of fused-ring (bicyclic) bond motifs is 1. The molecule has 3 N–H and O–H groups in total. The van der Waals surface area contributed by atoms with E-state index in [-0.39, 0.29) is 0 Å². The summed E-state index contributed by atoms with van der Waals surface area (Å²) in [4.78, 5) is 4.75. The number of hydrogen-bond acceptors (Lipinski definition) is 3. The fourth-order valence-electron chi connectivity index (χ4n) is 2.82. The number of nitrogens with one attached hydrogen (secondary N) is 1. The Hall–Kier alpha value is -0.610. The Balaban J connectivity index is 1.89. The summed E-state index contributed by atoms with van der Waals surface area (Å²) in [5, 5.41) is 7.29. The van der Waals surface area contributed by atoms with Crippen LogP contribution in [-0.4, -0.2) is 55.4 Å². The van der Waals surface area contributed by atoms with Gasteiger partial charge in [-0.25, -0.2) is 0 Å². The maximum absolute atomic E-state index is 7.29. The van der Waals surface area contributed by atoms with Crippen LogP contribution in [0.3, 0.4) is 0 Å². The topological polar surface area (TPSA) is 56.4 Å². The van der Waals surface area contributed by atoms with Crippen molar-refractivity contribution in [3.05, 3.63) is 0 Å². The van der Waals surface area contributed by atoms with Gasteiger partial charge in [-0.15, -0.1) is 0 Å². The molecule has 14 heavy (non-hydrogen) atoms. The fourth-order valence-corrected chi connectivity index (χ4v) is 2.82. The Bertz CT molecular complexity index is 228. The standard InChI is InChI=1S/C10H20N4/c1-13-3-2-8-5-14(7-10(11)12)6-9(8)4-13/h8-9H,2-7H2,1H3,(H3,11,12). The molecule has 0 amide bonds. The van der Waals surface area contributed by atoms with Gasteiger partial charge in [0.05, 0.1) is 6.54 Å². The molecule has 4 heteroatoms. The Morgan fingerprint density at radius 2 is 2.07 bits per heavy atom. The summed E-state index contributed by atoms with van der Waals surface area (Å²) in [6.45, 7) is 5.40. The molecule has 2 aliphatic heterocycles. The molecule has 0 bridgehead atoms. The first-order chi connectivity index (χ1) is 6.65. The molecule has 0 saturated carbocycles. The van der Waals surface area contributed by atoms with E-state index in [2.05, 4.69) is 16.8 Å². The quantitative estimate of drug-likeness (QED) is 0.475. The van der Waals surface area contributed by atoms with Crippen molar-refractivity contribution in [2.24, 2.45) is 17.6 Å². The summed E-state index contributed by atoms with van der Waals surface area (Å²) in [6.07, 6.45) is 1.32. The Morgan fingerprint density at radius 1 is 1.36 bits per heavy atom. The molecular weight excluding hydrogens is 176 g/mol. The van der Waals surface area contributed by atoms with Crippen LogP contribution in [0.4, 0.5) is 0 Å². The molecule has 0 aliphatic carbocycles. The smallest absolute Gasteiger partial charge is 0.105 e. The zero-order valence-corrected chi connectivity index (χ0v) is 8.87. The second-order valence-electron chi connectivity index (χ2n) is 4.79. The highest BCUT2D eigenvalue weighted by molar-refractivity contribution is 5.78. The highest BCUT2D eigenvalue weighted by Gasteiger charge is 2.35. The van der Waals surface area contributed by atoms with E-state index in [1.807, 2.05) is 0 Å². The lowest BCUT2D eigenvalue weighted by molar-refractivity contribution is 0.178. The van der Waals surface area contributed by atoms with Gasteiger partial charge >= 0.3 is 0 Å². The molecule has 0 radical (unpaired) electrons. The van der Waals surface area contributed by atoms with Crippen molar-refractivity contribution in [1.82, 2.24) is 9.80 Å². The van der Waals surface area contributed by atoms with Crippen LogP contribution >= 0.6 is 0 Å². The van der Waals surface area contributed by atoms with Gasteiger partial charge in [-0.05, 0) is 31.8 Å². The number of rotatable bonds is 2. The van der Waals surface area contributed by atoms with Crippen molar-refractivity contribution < 1.29 is 0 Å². The lowest BCUT2D eigenvalue weighted by Crippen LogP contribution is -2.37. The highest BCUT2D eigenvalue weighted by Crippen LogP contribution is 2.30. The molecule has 0 spiro atoms. The molecule has 2 atom stereocenters. The molecule has 2 rings (SSSR count). The molecule has 2 saturated heterocycles. The van der Waals surface area contributed by atoms with Crippen molar-refractivity contribution >= 4 is 5.84 Å². The third-order valence-corrected chi connectivity index (χ3v) is 3.47. The molecular formula is C10H20N4. The van der Waals surface area contributed by atoms with E-state index < -0.39 is 0 Å². The average molecular weight is 196 g/mol. The molecule has 0 aromatic heterocycles. The van der Waals surface area contributed by atoms with E-state index in [0.717, 1.165) is 24.9 Å². The van der Waals surface area contributed by atoms with Gasteiger partial charge in [0.1, 0.15) is 5.84 Å². The number of amidine groups is 1. The lowest BCUT2D eigenvalue weighted by Gasteiger charge is -2.31. The van der Waals surface area contributed by atoms with E-state index >= 15 is 0 Å². The van der Waals surface area contributed by atoms with Gasteiger partial charge in [0, 0.05) is 19.6 Å². The van der Waals surface area contributed by atoms with Crippen LogP contribution in [0.1, 0.15) is 6.42 Å². The summed E-state index contributed by atoms with van der Waals surface area (Å²) < 4.78 is 0. The number of hydrogen-bond donors (Lipinski definition) is 2. The van der Waals surface area contributed by atoms with Gasteiger partial charge in [0.15, 0.2) is 0 Å². The van der Waals surface area contributed by atoms with Gasteiger partial charge < -0.3 is 10.6 Å². The monoisotopic (exact) mass is 196 g/mol. The SMILES string of the molecule is CN1CCC2CN(CC(=N)N)CC2C1. The van der Waals surface area contributed by atoms with Gasteiger partial charge in [0.25, 0.3) is 0 Å². The minimum absolute atomic E-state index is 0.303. The summed E-state index contributed by atoms with van der Waals surface area (Å²) in [6, 6.07) is 0. The van der Waals surface area contributed by atoms with Crippen molar-refractivity contribution in [3.63, 3.8) is 0 Å². The summed E-state index contributed by atoms with van der Waals surface area (Å²) in [5.41, 5.74) is 5.42. The van der Waals surface area contributed by atoms with Crippen LogP contribution in [0.2, 0.25) is 0 Å². The first-order valence-electron chi connectivity index (χ1n) is 5.39. The molecule has 2 heterocycles. The summed E-state index contributed by atoms with van der Waals surface area (Å²) >= 11 is 0. The zero-order chi connectivity index (χ0) is 10.1. The minimum atomic E-state index is 0.303. The Morgan fingerprint density at radius 3 is 2.79 bits per heavy atom. The predicted molar refractivity (Wildman–Crippen MR) is 57.4 cm³/mol. The zero-order valence-electron chi connectivity index (χ0n) is 8.87. The molecule has 2 unspecified atom stereocenters. The normalized spacial score (nSPS) is 34.4. The maximum atomic E-state index is 7.29. The van der Waals surface area contributed by atoms with Gasteiger partial charge in [-0.1, -0.05) is 0 Å². The van der Waals surface area contributed by atoms with Crippen molar-refractivity contribution in [2.45, 2.75) is 6.42 Å². The molecule has 0 aromatic rings. The molecule has 2 aliphatic rings. The average Bonchev–Trinajstić information content (AvgIpc) is 2.44. The Labute approximate surface area is 85.6 Å². The number of nitrogens with zero attached hydrogens (tertiary/aromatic N) is 2. The van der Waals surface area contributed by atoms with E-state index in [1.54, 1.807) is 0 Å². The van der Waals surface area contributed by atoms with Crippen molar-refractivity contribution in [2.75, 3.05) is 39.8 Å². The largest absolute Gasteiger partial charge is 0.387 e. The highest BCUT2D eigenvalue weighted by atomic mass is 15.2. The van der Waals surface area contributed by atoms with E-state index in [4.69, 9.17) is 11.1 Å². The molecule has 80 valence electrons. The first-order valence-corrected chi connectivity index (χ1v) is 5.39. The molecule has 2 fully saturated rings. The van der Waals surface area contributed by atoms with E-state index in [9.17, 15) is 0 Å².